The average Bonchev–Trinajstić information content (AvgIpc) is 3.95. The summed E-state index contributed by atoms with van der Waals surface area (Å²) in [6, 6.07) is 9.95. The highest BCUT2D eigenvalue weighted by Crippen LogP contribution is 2.41. The quantitative estimate of drug-likeness (QED) is 0.172. The number of rotatable bonds is 7. The SMILES string of the molecule is Cc1nc2c(cc1F)c(-c1nc(C#N)c3c(n1)NC(=O)C3(C)C)nn2Cc1ncccc1F.Cc1nc2c(cc1F)c(-c1nc3c(c(C(N)=O)n1)C(C)(C)C(=O)N3)nn2Cc1ncccc1F. The maximum Gasteiger partial charge on any atom is 0.267 e. The standard InChI is InChI=1S/C22H18F2N8O2.C22H16F2N8O/c1-9-12(24)7-10-15(31-32(20(10)27-9)8-13-11(23)5-4-6-26-13)19-28-16(17(25)33)14-18(29-19)30-21(34)22(14,2)3;1-10-13(24)7-11-17(31-32(20(11)27-10)9-15-12(23)5-4-6-26-15)19-28-14(8-25)16-18(29-19)30-21(33)22(16,2)3/h4-7H,8H2,1-3H3,(H2,25,33)(H,28,29,30,34);4-7H,9H2,1-3H3,(H,28,29,30,33). The topological polar surface area (TPSA) is 264 Å². The van der Waals surface area contributed by atoms with Gasteiger partial charge in [-0.15, -0.1) is 0 Å². The van der Waals surface area contributed by atoms with Crippen LogP contribution in [0.15, 0.2) is 48.8 Å². The van der Waals surface area contributed by atoms with E-state index < -0.39 is 40.0 Å². The first-order valence-corrected chi connectivity index (χ1v) is 20.2. The van der Waals surface area contributed by atoms with Crippen LogP contribution in [-0.2, 0) is 33.5 Å². The van der Waals surface area contributed by atoms with Gasteiger partial charge in [0.1, 0.15) is 58.1 Å². The van der Waals surface area contributed by atoms with Crippen molar-refractivity contribution in [1.82, 2.24) is 59.4 Å². The number of nitrogens with two attached hydrogens (primary N) is 1. The maximum absolute atomic E-state index is 14.5. The maximum atomic E-state index is 14.5. The zero-order chi connectivity index (χ0) is 47.9. The van der Waals surface area contributed by atoms with Crippen molar-refractivity contribution in [1.29, 1.82) is 5.26 Å². The minimum absolute atomic E-state index is 0.0114. The number of halogens is 4. The molecule has 0 unspecified atom stereocenters. The Labute approximate surface area is 375 Å². The molecule has 0 fully saturated rings. The van der Waals surface area contributed by atoms with Gasteiger partial charge in [0.15, 0.2) is 28.6 Å². The predicted octanol–water partition coefficient (Wildman–Crippen LogP) is 5.27. The number of nitrogens with zero attached hydrogens (tertiary/aromatic N) is 13. The summed E-state index contributed by atoms with van der Waals surface area (Å²) >= 11 is 0. The van der Waals surface area contributed by atoms with Crippen molar-refractivity contribution in [2.45, 2.75) is 65.5 Å². The number of nitrogens with one attached hydrogen (secondary N) is 2. The molecule has 2 aliphatic rings. The fraction of sp³-hybridized carbons (Fsp3) is 0.227. The van der Waals surface area contributed by atoms with Crippen LogP contribution in [0.5, 0.6) is 0 Å². The Bertz CT molecular complexity index is 3510. The van der Waals surface area contributed by atoms with Crippen molar-refractivity contribution in [3.8, 4) is 29.1 Å². The van der Waals surface area contributed by atoms with Gasteiger partial charge in [0.05, 0.1) is 57.5 Å². The minimum atomic E-state index is -1.08. The van der Waals surface area contributed by atoms with Gasteiger partial charge in [-0.25, -0.2) is 56.8 Å². The zero-order valence-corrected chi connectivity index (χ0v) is 36.2. The number of amides is 3. The Kier molecular flexibility index (Phi) is 10.3. The molecule has 0 aromatic carbocycles. The van der Waals surface area contributed by atoms with Crippen LogP contribution in [0.4, 0.5) is 29.2 Å². The molecule has 0 aliphatic carbocycles. The first-order chi connectivity index (χ1) is 31.8. The molecule has 8 aromatic rings. The molecule has 3 amide bonds. The van der Waals surface area contributed by atoms with Gasteiger partial charge in [0.25, 0.3) is 5.91 Å². The highest BCUT2D eigenvalue weighted by Gasteiger charge is 2.45. The van der Waals surface area contributed by atoms with Crippen molar-refractivity contribution < 1.29 is 31.9 Å². The summed E-state index contributed by atoms with van der Waals surface area (Å²) in [5.41, 5.74) is 5.25. The van der Waals surface area contributed by atoms with Crippen molar-refractivity contribution in [3.63, 3.8) is 0 Å². The predicted molar refractivity (Wildman–Crippen MR) is 230 cm³/mol. The number of carbonyl (C=O) groups excluding carboxylic acids is 3. The molecule has 10 heterocycles. The van der Waals surface area contributed by atoms with Crippen LogP contribution in [0, 0.1) is 48.4 Å². The molecule has 0 saturated carbocycles. The van der Waals surface area contributed by atoms with Gasteiger partial charge in [-0.2, -0.15) is 15.5 Å². The van der Waals surface area contributed by atoms with Gasteiger partial charge in [0, 0.05) is 23.5 Å². The summed E-state index contributed by atoms with van der Waals surface area (Å²) in [6.45, 7) is 9.41. The number of hydrogen-bond donors (Lipinski definition) is 3. The summed E-state index contributed by atoms with van der Waals surface area (Å²) in [4.78, 5) is 71.1. The smallest absolute Gasteiger partial charge is 0.267 e. The van der Waals surface area contributed by atoms with Crippen molar-refractivity contribution in [2.75, 3.05) is 10.6 Å². The Morgan fingerprint density at radius 3 is 1.58 bits per heavy atom. The third-order valence-corrected chi connectivity index (χ3v) is 11.4. The molecule has 0 bridgehead atoms. The number of nitriles is 1. The van der Waals surface area contributed by atoms with E-state index in [1.165, 1.54) is 72.0 Å². The molecule has 23 heteroatoms. The monoisotopic (exact) mass is 910 g/mol. The average molecular weight is 911 g/mol. The molecule has 2 aliphatic heterocycles. The third kappa shape index (κ3) is 7.27. The fourth-order valence-electron chi connectivity index (χ4n) is 7.74. The minimum Gasteiger partial charge on any atom is -0.364 e. The van der Waals surface area contributed by atoms with Crippen LogP contribution >= 0.6 is 0 Å². The van der Waals surface area contributed by atoms with Crippen molar-refractivity contribution in [2.24, 2.45) is 5.73 Å². The van der Waals surface area contributed by atoms with Crippen LogP contribution < -0.4 is 16.4 Å². The number of anilines is 2. The third-order valence-electron chi connectivity index (χ3n) is 11.4. The van der Waals surface area contributed by atoms with E-state index in [9.17, 15) is 37.2 Å². The van der Waals surface area contributed by atoms with E-state index in [1.807, 2.05) is 6.07 Å². The number of carbonyl (C=O) groups is 3. The van der Waals surface area contributed by atoms with E-state index in [-0.39, 0.29) is 121 Å². The first-order valence-electron chi connectivity index (χ1n) is 20.2. The highest BCUT2D eigenvalue weighted by molar-refractivity contribution is 6.09. The normalized spacial score (nSPS) is 14.3. The van der Waals surface area contributed by atoms with E-state index in [0.29, 0.717) is 5.56 Å². The Balaban J connectivity index is 0.000000168. The van der Waals surface area contributed by atoms with E-state index in [0.717, 1.165) is 0 Å². The van der Waals surface area contributed by atoms with Gasteiger partial charge in [0.2, 0.25) is 11.8 Å². The largest absolute Gasteiger partial charge is 0.364 e. The molecule has 8 aromatic heterocycles. The number of aryl methyl sites for hydroxylation is 2. The Hall–Kier alpha value is -8.68. The second-order valence-corrected chi connectivity index (χ2v) is 16.6. The molecule has 0 radical (unpaired) electrons. The number of aromatic nitrogens is 12. The highest BCUT2D eigenvalue weighted by atomic mass is 19.1. The van der Waals surface area contributed by atoms with Crippen LogP contribution in [0.3, 0.4) is 0 Å². The Morgan fingerprint density at radius 1 is 0.687 bits per heavy atom. The molecule has 0 spiro atoms. The lowest BCUT2D eigenvalue weighted by Gasteiger charge is -2.16. The van der Waals surface area contributed by atoms with Crippen molar-refractivity contribution in [3.05, 3.63) is 117 Å². The lowest BCUT2D eigenvalue weighted by atomic mass is 9.85. The fourth-order valence-corrected chi connectivity index (χ4v) is 7.74. The molecule has 67 heavy (non-hydrogen) atoms. The van der Waals surface area contributed by atoms with E-state index in [2.05, 4.69) is 60.7 Å². The Morgan fingerprint density at radius 2 is 1.13 bits per heavy atom. The molecular weight excluding hydrogens is 877 g/mol. The van der Waals surface area contributed by atoms with Gasteiger partial charge >= 0.3 is 0 Å². The van der Waals surface area contributed by atoms with E-state index in [4.69, 9.17) is 5.73 Å². The lowest BCUT2D eigenvalue weighted by molar-refractivity contribution is -0.120. The summed E-state index contributed by atoms with van der Waals surface area (Å²) in [6.07, 6.45) is 2.90. The molecule has 0 saturated heterocycles. The van der Waals surface area contributed by atoms with Crippen LogP contribution in [0.25, 0.3) is 45.1 Å². The number of pyridine rings is 4. The molecule has 10 rings (SSSR count). The zero-order valence-electron chi connectivity index (χ0n) is 36.2. The van der Waals surface area contributed by atoms with E-state index >= 15 is 0 Å². The van der Waals surface area contributed by atoms with Crippen LogP contribution in [0.1, 0.15) is 77.8 Å². The molecule has 4 N–H and O–H groups in total. The molecule has 19 nitrogen and oxygen atoms in total. The van der Waals surface area contributed by atoms with Crippen LogP contribution in [-0.4, -0.2) is 77.2 Å². The summed E-state index contributed by atoms with van der Waals surface area (Å²) < 4.78 is 60.1. The summed E-state index contributed by atoms with van der Waals surface area (Å²) in [5.74, 6) is -3.51. The first kappa shape index (κ1) is 43.6. The molecular formula is C44H34F4N16O3. The molecule has 0 atom stereocenters. The number of fused-ring (bicyclic) bond motifs is 4. The summed E-state index contributed by atoms with van der Waals surface area (Å²) in [7, 11) is 0. The number of hydrogen-bond acceptors (Lipinski definition) is 14. The molecule has 336 valence electrons. The summed E-state index contributed by atoms with van der Waals surface area (Å²) in [5, 5.41) is 24.4. The number of primary amides is 1. The van der Waals surface area contributed by atoms with Gasteiger partial charge in [-0.3, -0.25) is 24.4 Å². The lowest BCUT2D eigenvalue weighted by Crippen LogP contribution is -2.29. The second kappa shape index (κ2) is 15.8. The van der Waals surface area contributed by atoms with Crippen LogP contribution in [0.2, 0.25) is 0 Å². The van der Waals surface area contributed by atoms with Gasteiger partial charge < -0.3 is 16.4 Å². The van der Waals surface area contributed by atoms with Gasteiger partial charge in [-0.05, 0) is 77.9 Å². The van der Waals surface area contributed by atoms with Gasteiger partial charge in [-0.1, -0.05) is 0 Å². The van der Waals surface area contributed by atoms with Crippen molar-refractivity contribution >= 4 is 51.4 Å². The second-order valence-electron chi connectivity index (χ2n) is 16.6. The van der Waals surface area contributed by atoms with E-state index in [1.54, 1.807) is 27.7 Å².